The fourth-order valence-electron chi connectivity index (χ4n) is 3.79. The smallest absolute Gasteiger partial charge is 0.260 e. The van der Waals surface area contributed by atoms with Crippen LogP contribution < -0.4 is 0 Å². The molecule has 4 nitrogen and oxygen atoms in total. The van der Waals surface area contributed by atoms with Gasteiger partial charge < -0.3 is 9.64 Å². The van der Waals surface area contributed by atoms with Crippen LogP contribution in [-0.2, 0) is 16.1 Å². The average Bonchev–Trinajstić information content (AvgIpc) is 2.93. The molecule has 3 aliphatic rings. The Morgan fingerprint density at radius 2 is 2.25 bits per heavy atom. The molecule has 24 heavy (non-hydrogen) atoms. The fourth-order valence-corrected chi connectivity index (χ4v) is 5.34. The quantitative estimate of drug-likeness (QED) is 0.837. The van der Waals surface area contributed by atoms with Crippen LogP contribution in [0.25, 0.3) is 0 Å². The molecule has 130 valence electrons. The van der Waals surface area contributed by atoms with Gasteiger partial charge in [0.25, 0.3) is 5.91 Å². The first kappa shape index (κ1) is 16.3. The molecule has 3 heterocycles. The number of hydrogen-bond donors (Lipinski definition) is 0. The summed E-state index contributed by atoms with van der Waals surface area (Å²) in [4.78, 5) is 18.4. The van der Waals surface area contributed by atoms with Crippen molar-refractivity contribution in [1.29, 1.82) is 0 Å². The number of aryl methyl sites for hydroxylation is 1. The second-order valence-corrected chi connectivity index (χ2v) is 8.87. The second kappa shape index (κ2) is 5.99. The number of hydrogen-bond acceptors (Lipinski definition) is 4. The molecule has 1 saturated carbocycles. The zero-order valence-corrected chi connectivity index (χ0v) is 14.8. The molecule has 0 radical (unpaired) electrons. The Balaban J connectivity index is 1.26. The van der Waals surface area contributed by atoms with Crippen molar-refractivity contribution in [1.82, 2.24) is 9.88 Å². The standard InChI is InChI=1S/C18H23FN2O2S/c1-13-4-2-5-14(20-13)9-23-15-8-17(24-10-15)11-21(12-17)16(22)18(19)6-3-7-18/h2,4-5,15H,3,6-12H2,1H3/t15-/m0/s1. The van der Waals surface area contributed by atoms with Crippen molar-refractivity contribution >= 4 is 17.7 Å². The minimum Gasteiger partial charge on any atom is -0.371 e. The van der Waals surface area contributed by atoms with Crippen molar-refractivity contribution in [3.05, 3.63) is 29.6 Å². The predicted molar refractivity (Wildman–Crippen MR) is 91.6 cm³/mol. The predicted octanol–water partition coefficient (Wildman–Crippen LogP) is 2.89. The van der Waals surface area contributed by atoms with Crippen LogP contribution in [-0.4, -0.2) is 51.2 Å². The molecule has 1 aromatic heterocycles. The van der Waals surface area contributed by atoms with Gasteiger partial charge in [0.05, 0.1) is 23.2 Å². The highest BCUT2D eigenvalue weighted by Gasteiger charge is 2.56. The third-order valence-corrected chi connectivity index (χ3v) is 6.94. The Hall–Kier alpha value is -1.14. The maximum absolute atomic E-state index is 14.2. The van der Waals surface area contributed by atoms with Gasteiger partial charge in [-0.2, -0.15) is 0 Å². The van der Waals surface area contributed by atoms with Crippen molar-refractivity contribution in [2.75, 3.05) is 18.8 Å². The van der Waals surface area contributed by atoms with Crippen molar-refractivity contribution in [3.8, 4) is 0 Å². The molecule has 0 bridgehead atoms. The van der Waals surface area contributed by atoms with Crippen LogP contribution >= 0.6 is 11.8 Å². The lowest BCUT2D eigenvalue weighted by molar-refractivity contribution is -0.155. The lowest BCUT2D eigenvalue weighted by Gasteiger charge is -2.50. The molecule has 1 atom stereocenters. The topological polar surface area (TPSA) is 42.4 Å². The Morgan fingerprint density at radius 3 is 2.92 bits per heavy atom. The van der Waals surface area contributed by atoms with Gasteiger partial charge in [-0.1, -0.05) is 6.07 Å². The summed E-state index contributed by atoms with van der Waals surface area (Å²) in [5.74, 6) is 0.655. The van der Waals surface area contributed by atoms with E-state index in [2.05, 4.69) is 4.98 Å². The zero-order chi connectivity index (χ0) is 16.8. The number of rotatable bonds is 4. The molecular weight excluding hydrogens is 327 g/mol. The van der Waals surface area contributed by atoms with Crippen molar-refractivity contribution in [2.24, 2.45) is 0 Å². The van der Waals surface area contributed by atoms with E-state index in [4.69, 9.17) is 4.74 Å². The maximum Gasteiger partial charge on any atom is 0.260 e. The number of pyridine rings is 1. The van der Waals surface area contributed by atoms with E-state index in [1.807, 2.05) is 36.9 Å². The Kier molecular flexibility index (Phi) is 4.07. The molecule has 0 aromatic carbocycles. The number of amides is 1. The SMILES string of the molecule is Cc1cccc(CO[C@@H]2CSC3(C2)CN(C(=O)C2(F)CCC2)C3)n1. The van der Waals surface area contributed by atoms with Gasteiger partial charge in [-0.3, -0.25) is 9.78 Å². The second-order valence-electron chi connectivity index (χ2n) is 7.38. The summed E-state index contributed by atoms with van der Waals surface area (Å²) in [6, 6.07) is 5.95. The van der Waals surface area contributed by atoms with E-state index in [1.165, 1.54) is 0 Å². The Bertz CT molecular complexity index is 644. The number of ether oxygens (including phenoxy) is 1. The summed E-state index contributed by atoms with van der Waals surface area (Å²) in [5.41, 5.74) is 0.394. The first-order valence-corrected chi connectivity index (χ1v) is 9.63. The van der Waals surface area contributed by atoms with Gasteiger partial charge in [0.15, 0.2) is 5.67 Å². The fraction of sp³-hybridized carbons (Fsp3) is 0.667. The van der Waals surface area contributed by atoms with Gasteiger partial charge >= 0.3 is 0 Å². The van der Waals surface area contributed by atoms with Crippen LogP contribution in [0.5, 0.6) is 0 Å². The Labute approximate surface area is 146 Å². The van der Waals surface area contributed by atoms with Crippen LogP contribution in [0.15, 0.2) is 18.2 Å². The number of likely N-dealkylation sites (tertiary alicyclic amines) is 1. The van der Waals surface area contributed by atoms with Gasteiger partial charge in [-0.25, -0.2) is 4.39 Å². The molecule has 2 aliphatic heterocycles. The molecule has 6 heteroatoms. The van der Waals surface area contributed by atoms with Crippen LogP contribution in [0.1, 0.15) is 37.1 Å². The number of aromatic nitrogens is 1. The number of carbonyl (C=O) groups excluding carboxylic acids is 1. The maximum atomic E-state index is 14.2. The average molecular weight is 350 g/mol. The molecule has 4 rings (SSSR count). The minimum absolute atomic E-state index is 0.0838. The van der Waals surface area contributed by atoms with Gasteiger partial charge in [0.1, 0.15) is 0 Å². The minimum atomic E-state index is -1.56. The summed E-state index contributed by atoms with van der Waals surface area (Å²) in [7, 11) is 0. The van der Waals surface area contributed by atoms with Crippen molar-refractivity contribution in [3.63, 3.8) is 0 Å². The molecular formula is C18H23FN2O2S. The normalized spacial score (nSPS) is 26.9. The number of carbonyl (C=O) groups is 1. The first-order chi connectivity index (χ1) is 11.5. The third kappa shape index (κ3) is 2.94. The summed E-state index contributed by atoms with van der Waals surface area (Å²) < 4.78 is 20.3. The van der Waals surface area contributed by atoms with E-state index in [1.54, 1.807) is 4.90 Å². The van der Waals surface area contributed by atoms with Gasteiger partial charge in [-0.05, 0) is 44.7 Å². The van der Waals surface area contributed by atoms with Gasteiger partial charge in [-0.15, -0.1) is 11.8 Å². The van der Waals surface area contributed by atoms with Crippen LogP contribution in [0.2, 0.25) is 0 Å². The van der Waals surface area contributed by atoms with E-state index >= 15 is 0 Å². The number of thioether (sulfide) groups is 1. The molecule has 1 aromatic rings. The zero-order valence-electron chi connectivity index (χ0n) is 14.0. The summed E-state index contributed by atoms with van der Waals surface area (Å²) in [6.07, 6.45) is 2.76. The van der Waals surface area contributed by atoms with Crippen LogP contribution in [0.3, 0.4) is 0 Å². The third-order valence-electron chi connectivity index (χ3n) is 5.36. The summed E-state index contributed by atoms with van der Waals surface area (Å²) >= 11 is 1.87. The molecule has 0 unspecified atom stereocenters. The van der Waals surface area contributed by atoms with Crippen LogP contribution in [0, 0.1) is 6.92 Å². The molecule has 3 fully saturated rings. The molecule has 1 aliphatic carbocycles. The van der Waals surface area contributed by atoms with Gasteiger partial charge in [0, 0.05) is 24.5 Å². The van der Waals surface area contributed by atoms with Crippen molar-refractivity contribution in [2.45, 2.75) is 55.7 Å². The lowest BCUT2D eigenvalue weighted by Crippen LogP contribution is -2.65. The highest BCUT2D eigenvalue weighted by molar-refractivity contribution is 8.01. The van der Waals surface area contributed by atoms with E-state index in [0.717, 1.165) is 30.0 Å². The van der Waals surface area contributed by atoms with Gasteiger partial charge in [0.2, 0.25) is 0 Å². The number of nitrogens with zero attached hydrogens (tertiary/aromatic N) is 2. The summed E-state index contributed by atoms with van der Waals surface area (Å²) in [5, 5.41) is 0. The van der Waals surface area contributed by atoms with E-state index in [9.17, 15) is 9.18 Å². The number of halogens is 1. The highest BCUT2D eigenvalue weighted by Crippen LogP contribution is 2.48. The van der Waals surface area contributed by atoms with E-state index < -0.39 is 5.67 Å². The molecule has 2 saturated heterocycles. The van der Waals surface area contributed by atoms with E-state index in [0.29, 0.717) is 32.5 Å². The Morgan fingerprint density at radius 1 is 1.46 bits per heavy atom. The number of alkyl halides is 1. The largest absolute Gasteiger partial charge is 0.371 e. The van der Waals surface area contributed by atoms with Crippen molar-refractivity contribution < 1.29 is 13.9 Å². The molecule has 0 N–H and O–H groups in total. The molecule has 1 amide bonds. The summed E-state index contributed by atoms with van der Waals surface area (Å²) in [6.45, 7) is 3.85. The highest BCUT2D eigenvalue weighted by atomic mass is 32.2. The first-order valence-electron chi connectivity index (χ1n) is 8.65. The van der Waals surface area contributed by atoms with E-state index in [-0.39, 0.29) is 16.8 Å². The van der Waals surface area contributed by atoms with Crippen LogP contribution in [0.4, 0.5) is 4.39 Å². The monoisotopic (exact) mass is 350 g/mol. The lowest BCUT2D eigenvalue weighted by atomic mass is 9.79. The molecule has 1 spiro atoms.